The van der Waals surface area contributed by atoms with E-state index in [1.165, 1.54) is 0 Å². The molecule has 0 unspecified atom stereocenters. The van der Waals surface area contributed by atoms with Crippen LogP contribution < -0.4 is 10.0 Å². The summed E-state index contributed by atoms with van der Waals surface area (Å²) >= 11 is 1.71. The van der Waals surface area contributed by atoms with Crippen LogP contribution in [0.5, 0.6) is 0 Å². The summed E-state index contributed by atoms with van der Waals surface area (Å²) in [5, 5.41) is 2.81. The Labute approximate surface area is 126 Å². The molecule has 20 heavy (non-hydrogen) atoms. The largest absolute Gasteiger partial charge is 0.372 e. The molecule has 0 saturated carbocycles. The molecule has 0 radical (unpaired) electrons. The molecule has 0 aliphatic heterocycles. The van der Waals surface area contributed by atoms with Crippen LogP contribution in [0.4, 0.5) is 5.82 Å². The van der Waals surface area contributed by atoms with E-state index in [4.69, 9.17) is 0 Å². The van der Waals surface area contributed by atoms with E-state index in [-0.39, 0.29) is 9.64 Å². The Bertz CT molecular complexity index is 520. The number of thioether (sulfide) groups is 1. The number of anilines is 1. The second-order valence-corrected chi connectivity index (χ2v) is 7.53. The van der Waals surface area contributed by atoms with Gasteiger partial charge >= 0.3 is 0 Å². The fraction of sp³-hybridized carbons (Fsp3) is 0.615. The van der Waals surface area contributed by atoms with Crippen LogP contribution >= 0.6 is 11.8 Å². The van der Waals surface area contributed by atoms with Crippen molar-refractivity contribution in [3.8, 4) is 0 Å². The summed E-state index contributed by atoms with van der Waals surface area (Å²) in [5.41, 5.74) is 0. The molecule has 0 fully saturated rings. The minimum Gasteiger partial charge on any atom is -0.372 e. The average molecular weight is 317 g/mol. The summed E-state index contributed by atoms with van der Waals surface area (Å²) in [5.74, 6) is 0.364. The van der Waals surface area contributed by atoms with Gasteiger partial charge in [0.2, 0.25) is 10.0 Å². The van der Waals surface area contributed by atoms with Gasteiger partial charge in [-0.3, -0.25) is 0 Å². The lowest BCUT2D eigenvalue weighted by atomic mass is 10.0. The molecule has 1 heterocycles. The predicted octanol–water partition coefficient (Wildman–Crippen LogP) is 2.32. The molecule has 0 aliphatic carbocycles. The monoisotopic (exact) mass is 317 g/mol. The van der Waals surface area contributed by atoms with Crippen molar-refractivity contribution in [3.63, 3.8) is 0 Å². The first-order valence-corrected chi connectivity index (χ1v) is 9.33. The maximum Gasteiger partial charge on any atom is 0.244 e. The van der Waals surface area contributed by atoms with Crippen molar-refractivity contribution in [2.75, 3.05) is 25.2 Å². The van der Waals surface area contributed by atoms with Crippen molar-refractivity contribution in [1.29, 1.82) is 0 Å². The second kappa shape index (κ2) is 7.28. The van der Waals surface area contributed by atoms with Gasteiger partial charge in [-0.15, -0.1) is 0 Å². The number of hydrogen-bond donors (Lipinski definition) is 2. The third-order valence-electron chi connectivity index (χ3n) is 3.60. The fourth-order valence-corrected chi connectivity index (χ4v) is 4.13. The number of nitrogens with zero attached hydrogens (tertiary/aromatic N) is 1. The van der Waals surface area contributed by atoms with Crippen LogP contribution in [-0.4, -0.2) is 38.0 Å². The molecular formula is C13H23N3O2S2. The Morgan fingerprint density at radius 3 is 2.50 bits per heavy atom. The number of hydrogen-bond acceptors (Lipinski definition) is 5. The Balaban J connectivity index is 2.96. The van der Waals surface area contributed by atoms with Gasteiger partial charge in [-0.1, -0.05) is 13.8 Å². The summed E-state index contributed by atoms with van der Waals surface area (Å²) < 4.78 is 27.5. The molecule has 0 aliphatic rings. The first-order valence-electron chi connectivity index (χ1n) is 6.62. The molecule has 7 heteroatoms. The smallest absolute Gasteiger partial charge is 0.244 e. The third-order valence-corrected chi connectivity index (χ3v) is 6.62. The number of nitrogens with one attached hydrogen (secondary N) is 2. The van der Waals surface area contributed by atoms with Gasteiger partial charge < -0.3 is 5.32 Å². The minimum absolute atomic E-state index is 0.0604. The van der Waals surface area contributed by atoms with Crippen molar-refractivity contribution in [2.45, 2.75) is 36.3 Å². The number of rotatable bonds is 8. The molecule has 2 N–H and O–H groups in total. The molecular weight excluding hydrogens is 294 g/mol. The first kappa shape index (κ1) is 17.3. The van der Waals surface area contributed by atoms with Crippen molar-refractivity contribution >= 4 is 27.6 Å². The maximum atomic E-state index is 12.4. The Morgan fingerprint density at radius 1 is 1.35 bits per heavy atom. The number of sulfonamides is 1. The second-order valence-electron chi connectivity index (χ2n) is 4.52. The van der Waals surface area contributed by atoms with Crippen molar-refractivity contribution in [3.05, 3.63) is 18.3 Å². The zero-order valence-electron chi connectivity index (χ0n) is 12.4. The molecule has 0 spiro atoms. The number of pyridine rings is 1. The Kier molecular flexibility index (Phi) is 6.29. The van der Waals surface area contributed by atoms with E-state index in [9.17, 15) is 8.42 Å². The van der Waals surface area contributed by atoms with Gasteiger partial charge in [0.25, 0.3) is 0 Å². The average Bonchev–Trinajstić information content (AvgIpc) is 2.49. The maximum absolute atomic E-state index is 12.4. The van der Waals surface area contributed by atoms with E-state index in [2.05, 4.69) is 28.9 Å². The summed E-state index contributed by atoms with van der Waals surface area (Å²) in [6.45, 7) is 4.58. The topological polar surface area (TPSA) is 71.1 Å². The van der Waals surface area contributed by atoms with E-state index >= 15 is 0 Å². The molecule has 1 aromatic heterocycles. The zero-order chi connectivity index (χ0) is 15.2. The highest BCUT2D eigenvalue weighted by molar-refractivity contribution is 8.00. The van der Waals surface area contributed by atoms with Crippen LogP contribution in [0.15, 0.2) is 23.2 Å². The molecule has 0 saturated heterocycles. The fourth-order valence-electron chi connectivity index (χ4n) is 1.96. The van der Waals surface area contributed by atoms with Gasteiger partial charge in [0.05, 0.1) is 0 Å². The van der Waals surface area contributed by atoms with Crippen LogP contribution in [0, 0.1) is 0 Å². The lowest BCUT2D eigenvalue weighted by Crippen LogP contribution is -2.39. The van der Waals surface area contributed by atoms with Crippen molar-refractivity contribution < 1.29 is 8.42 Å². The molecule has 0 bridgehead atoms. The van der Waals surface area contributed by atoms with Crippen LogP contribution in [0.1, 0.15) is 26.7 Å². The van der Waals surface area contributed by atoms with Crippen LogP contribution in [0.3, 0.4) is 0 Å². The van der Waals surface area contributed by atoms with E-state index in [0.29, 0.717) is 12.4 Å². The molecule has 0 aromatic carbocycles. The summed E-state index contributed by atoms with van der Waals surface area (Å²) in [6.07, 6.45) is 5.41. The zero-order valence-corrected chi connectivity index (χ0v) is 14.1. The lowest BCUT2D eigenvalue weighted by molar-refractivity contribution is 0.522. The SMILES string of the molecule is CCC(CC)(CNS(=O)(=O)c1cccnc1NC)SC. The standard InChI is InChI=1S/C13H23N3O2S2/c1-5-13(6-2,19-4)10-16-20(17,18)11-8-7-9-15-12(11)14-3/h7-9,16H,5-6,10H2,1-4H3,(H,14,15). The van der Waals surface area contributed by atoms with Gasteiger partial charge in [0.15, 0.2) is 0 Å². The predicted molar refractivity (Wildman–Crippen MR) is 85.8 cm³/mol. The molecule has 114 valence electrons. The third kappa shape index (κ3) is 3.86. The van der Waals surface area contributed by atoms with Crippen LogP contribution in [0.2, 0.25) is 0 Å². The van der Waals surface area contributed by atoms with E-state index in [1.54, 1.807) is 37.1 Å². The molecule has 1 rings (SSSR count). The molecule has 0 amide bonds. The van der Waals surface area contributed by atoms with Crippen molar-refractivity contribution in [1.82, 2.24) is 9.71 Å². The summed E-state index contributed by atoms with van der Waals surface area (Å²) in [4.78, 5) is 4.22. The van der Waals surface area contributed by atoms with Crippen molar-refractivity contribution in [2.24, 2.45) is 0 Å². The molecule has 0 atom stereocenters. The van der Waals surface area contributed by atoms with Crippen LogP contribution in [0.25, 0.3) is 0 Å². The Hall–Kier alpha value is -0.790. The highest BCUT2D eigenvalue weighted by Gasteiger charge is 2.28. The highest BCUT2D eigenvalue weighted by atomic mass is 32.2. The number of aromatic nitrogens is 1. The lowest BCUT2D eigenvalue weighted by Gasteiger charge is -2.29. The molecule has 1 aromatic rings. The van der Waals surface area contributed by atoms with Gasteiger partial charge in [-0.05, 0) is 31.2 Å². The normalized spacial score (nSPS) is 12.4. The highest BCUT2D eigenvalue weighted by Crippen LogP contribution is 2.30. The van der Waals surface area contributed by atoms with E-state index in [1.807, 2.05) is 6.26 Å². The van der Waals surface area contributed by atoms with Gasteiger partial charge in [0.1, 0.15) is 10.7 Å². The quantitative estimate of drug-likeness (QED) is 0.770. The minimum atomic E-state index is -3.55. The van der Waals surface area contributed by atoms with E-state index in [0.717, 1.165) is 12.8 Å². The summed E-state index contributed by atoms with van der Waals surface area (Å²) in [7, 11) is -1.90. The van der Waals surface area contributed by atoms with E-state index < -0.39 is 10.0 Å². The van der Waals surface area contributed by atoms with Gasteiger partial charge in [0, 0.05) is 24.5 Å². The van der Waals surface area contributed by atoms with Gasteiger partial charge in [-0.25, -0.2) is 18.1 Å². The van der Waals surface area contributed by atoms with Crippen LogP contribution in [-0.2, 0) is 10.0 Å². The Morgan fingerprint density at radius 2 is 2.00 bits per heavy atom. The summed E-state index contributed by atoms with van der Waals surface area (Å²) in [6, 6.07) is 3.18. The first-order chi connectivity index (χ1) is 9.44. The molecule has 5 nitrogen and oxygen atoms in total. The van der Waals surface area contributed by atoms with Gasteiger partial charge in [-0.2, -0.15) is 11.8 Å².